The van der Waals surface area contributed by atoms with E-state index in [0.717, 1.165) is 83.5 Å². The van der Waals surface area contributed by atoms with Crippen LogP contribution in [0.4, 0.5) is 0 Å². The minimum absolute atomic E-state index is 0.0319. The van der Waals surface area contributed by atoms with E-state index in [9.17, 15) is 19.0 Å². The van der Waals surface area contributed by atoms with Crippen LogP contribution >= 0.6 is 7.82 Å². The molecule has 1 N–H and O–H groups in total. The Balaban J connectivity index is 3.89. The Morgan fingerprint density at radius 2 is 0.553 bits per heavy atom. The monoisotopic (exact) mass is 1460 g/mol. The molecule has 0 fully saturated rings. The van der Waals surface area contributed by atoms with E-state index in [2.05, 4.69) is 111 Å². The predicted octanol–water partition coefficient (Wildman–Crippen LogP) is 30.1. The Hall–Kier alpha value is -3.07. The number of hydrogen-bond donors (Lipinski definition) is 1. The molecular weight excluding hydrogens is 1290 g/mol. The second-order valence-electron chi connectivity index (χ2n) is 31.3. The number of likely N-dealkylation sites (N-methyl/N-ethyl adjacent to an activating group) is 1. The van der Waals surface area contributed by atoms with Crippen LogP contribution in [0.1, 0.15) is 431 Å². The summed E-state index contributed by atoms with van der Waals surface area (Å²) >= 11 is 0. The zero-order valence-corrected chi connectivity index (χ0v) is 69.7. The van der Waals surface area contributed by atoms with E-state index >= 15 is 0 Å². The first kappa shape index (κ1) is 99.9. The van der Waals surface area contributed by atoms with Crippen LogP contribution in [0.25, 0.3) is 0 Å². The van der Waals surface area contributed by atoms with Crippen LogP contribution in [0.15, 0.2) is 97.2 Å². The van der Waals surface area contributed by atoms with E-state index in [-0.39, 0.29) is 25.6 Å². The second-order valence-corrected chi connectivity index (χ2v) is 32.7. The molecule has 0 aliphatic heterocycles. The van der Waals surface area contributed by atoms with Gasteiger partial charge in [0.25, 0.3) is 0 Å². The highest BCUT2D eigenvalue weighted by Crippen LogP contribution is 2.43. The lowest BCUT2D eigenvalue weighted by atomic mass is 10.0. The third-order valence-electron chi connectivity index (χ3n) is 19.9. The highest BCUT2D eigenvalue weighted by molar-refractivity contribution is 7.47. The highest BCUT2D eigenvalue weighted by atomic mass is 31.2. The molecule has 0 radical (unpaired) electrons. The summed E-state index contributed by atoms with van der Waals surface area (Å²) in [6, 6.07) is 0. The first-order valence-corrected chi connectivity index (χ1v) is 46.0. The van der Waals surface area contributed by atoms with Gasteiger partial charge in [0.05, 0.1) is 27.7 Å². The van der Waals surface area contributed by atoms with Crippen molar-refractivity contribution >= 4 is 19.8 Å². The molecule has 0 saturated carbocycles. The summed E-state index contributed by atoms with van der Waals surface area (Å²) in [7, 11) is 1.49. The third kappa shape index (κ3) is 87.7. The van der Waals surface area contributed by atoms with Gasteiger partial charge in [-0.3, -0.25) is 18.6 Å². The number of esters is 2. The molecule has 2 atom stereocenters. The molecule has 2 unspecified atom stereocenters. The molecule has 0 aromatic rings. The van der Waals surface area contributed by atoms with Gasteiger partial charge in [-0.2, -0.15) is 0 Å². The summed E-state index contributed by atoms with van der Waals surface area (Å²) in [6.45, 7) is 4.39. The zero-order valence-electron chi connectivity index (χ0n) is 68.8. The zero-order chi connectivity index (χ0) is 74.7. The summed E-state index contributed by atoms with van der Waals surface area (Å²) in [5.74, 6) is -0.778. The molecule has 0 aromatic carbocycles. The summed E-state index contributed by atoms with van der Waals surface area (Å²) in [5, 5.41) is 0. The third-order valence-corrected chi connectivity index (χ3v) is 20.9. The van der Waals surface area contributed by atoms with Gasteiger partial charge in [0, 0.05) is 12.8 Å². The molecule has 0 amide bonds. The van der Waals surface area contributed by atoms with Crippen molar-refractivity contribution in [3.05, 3.63) is 97.2 Å². The van der Waals surface area contributed by atoms with Crippen molar-refractivity contribution in [3.8, 4) is 0 Å². The normalized spacial score (nSPS) is 13.4. The molecule has 0 aromatic heterocycles. The fourth-order valence-electron chi connectivity index (χ4n) is 13.2. The molecule has 0 bridgehead atoms. The van der Waals surface area contributed by atoms with Gasteiger partial charge in [-0.15, -0.1) is 0 Å². The van der Waals surface area contributed by atoms with E-state index in [1.165, 1.54) is 315 Å². The molecule has 0 aliphatic rings. The van der Waals surface area contributed by atoms with Gasteiger partial charge in [-0.05, 0) is 77.0 Å². The van der Waals surface area contributed by atoms with Crippen LogP contribution in [0.5, 0.6) is 0 Å². The number of allylic oxidation sites excluding steroid dienone is 16. The lowest BCUT2D eigenvalue weighted by Gasteiger charge is -2.24. The van der Waals surface area contributed by atoms with Gasteiger partial charge >= 0.3 is 19.8 Å². The van der Waals surface area contributed by atoms with Crippen molar-refractivity contribution in [2.24, 2.45) is 0 Å². The molecule has 0 heterocycles. The summed E-state index contributed by atoms with van der Waals surface area (Å²) in [5.41, 5.74) is 0. The number of carbonyl (C=O) groups excluding carboxylic acids is 2. The van der Waals surface area contributed by atoms with Crippen LogP contribution in [0.2, 0.25) is 0 Å². The Morgan fingerprint density at radius 3 is 0.825 bits per heavy atom. The number of ether oxygens (including phenoxy) is 2. The maximum absolute atomic E-state index is 12.9. The largest absolute Gasteiger partial charge is 0.472 e. The van der Waals surface area contributed by atoms with Crippen molar-refractivity contribution in [3.63, 3.8) is 0 Å². The van der Waals surface area contributed by atoms with Crippen LogP contribution in [0.3, 0.4) is 0 Å². The van der Waals surface area contributed by atoms with Gasteiger partial charge in [-0.1, -0.05) is 439 Å². The number of phosphoric acid groups is 1. The van der Waals surface area contributed by atoms with Crippen molar-refractivity contribution in [2.45, 2.75) is 437 Å². The van der Waals surface area contributed by atoms with Crippen LogP contribution in [-0.2, 0) is 32.7 Å². The number of phosphoric ester groups is 1. The van der Waals surface area contributed by atoms with Gasteiger partial charge < -0.3 is 18.9 Å². The summed E-state index contributed by atoms with van der Waals surface area (Å²) in [4.78, 5) is 36.1. The molecule has 103 heavy (non-hydrogen) atoms. The van der Waals surface area contributed by atoms with Crippen LogP contribution < -0.4 is 0 Å². The van der Waals surface area contributed by atoms with E-state index in [4.69, 9.17) is 18.5 Å². The van der Waals surface area contributed by atoms with Crippen molar-refractivity contribution < 1.29 is 42.1 Å². The lowest BCUT2D eigenvalue weighted by molar-refractivity contribution is -0.870. The molecule has 0 aliphatic carbocycles. The molecular formula is C93H171NO8P+. The summed E-state index contributed by atoms with van der Waals surface area (Å²) < 4.78 is 34.9. The Bertz CT molecular complexity index is 2070. The predicted molar refractivity (Wildman–Crippen MR) is 450 cm³/mol. The van der Waals surface area contributed by atoms with Crippen LogP contribution in [-0.4, -0.2) is 74.9 Å². The average molecular weight is 1460 g/mol. The maximum atomic E-state index is 12.9. The topological polar surface area (TPSA) is 108 Å². The van der Waals surface area contributed by atoms with Crippen molar-refractivity contribution in [2.75, 3.05) is 47.5 Å². The number of quaternary nitrogens is 1. The standard InChI is InChI=1S/C93H170NO8P/c1-6-8-10-12-14-16-18-20-22-24-26-28-30-32-34-36-38-40-42-44-46-47-48-50-52-54-56-58-60-62-64-66-68-70-72-74-76-78-80-82-84-86-93(96)102-91(90-101-103(97,98)100-88-87-94(3,4)5)89-99-92(95)85-83-81-79-77-75-73-71-69-67-65-63-61-59-57-55-53-51-49-45-43-41-39-37-35-33-31-29-27-25-23-21-19-17-15-13-11-9-7-2/h8,10,14,16,20,22,26,28,32,34,38,40,44,46,48,50,91H,6-7,9,11-13,15,17-19,21,23-25,27,29-31,33,35-37,39,41-43,45,47,49,51-90H2,1-5H3/p+1/b10-8-,16-14-,22-20-,28-26-,34-32-,40-38-,46-44-,50-48-. The Morgan fingerprint density at radius 1 is 0.311 bits per heavy atom. The second kappa shape index (κ2) is 83.0. The number of unbranched alkanes of at least 4 members (excludes halogenated alkanes) is 53. The minimum atomic E-state index is -4.40. The van der Waals surface area contributed by atoms with Gasteiger partial charge in [0.2, 0.25) is 0 Å². The summed E-state index contributed by atoms with van der Waals surface area (Å²) in [6.07, 6.45) is 117. The Labute approximate surface area is 640 Å². The van der Waals surface area contributed by atoms with E-state index in [1.54, 1.807) is 0 Å². The fourth-order valence-corrected chi connectivity index (χ4v) is 13.9. The minimum Gasteiger partial charge on any atom is -0.462 e. The van der Waals surface area contributed by atoms with Crippen molar-refractivity contribution in [1.82, 2.24) is 0 Å². The van der Waals surface area contributed by atoms with E-state index < -0.39 is 26.5 Å². The number of nitrogens with zero attached hydrogens (tertiary/aromatic N) is 1. The van der Waals surface area contributed by atoms with E-state index in [0.29, 0.717) is 23.9 Å². The molecule has 9 nitrogen and oxygen atoms in total. The average Bonchev–Trinajstić information content (AvgIpc) is 0.971. The highest BCUT2D eigenvalue weighted by Gasteiger charge is 2.27. The van der Waals surface area contributed by atoms with Crippen LogP contribution in [0, 0.1) is 0 Å². The SMILES string of the molecule is CC/C=C\C/C=C\C/C=C\C/C=C\C/C=C\C/C=C\C/C=C\C/C=C\CCCCCCCCCCCCCCCCCCC(=O)OC(COC(=O)CCCCCCCCCCCCCCCCCCCCCCCCCCCCCCCCCCCCCCCC)COP(=O)(O)OCC[N+](C)(C)C. The number of hydrogen-bond acceptors (Lipinski definition) is 7. The van der Waals surface area contributed by atoms with Gasteiger partial charge in [0.1, 0.15) is 19.8 Å². The number of carbonyl (C=O) groups is 2. The molecule has 0 saturated heterocycles. The molecule has 10 heteroatoms. The molecule has 0 spiro atoms. The smallest absolute Gasteiger partial charge is 0.462 e. The molecule has 600 valence electrons. The maximum Gasteiger partial charge on any atom is 0.472 e. The molecule has 0 rings (SSSR count). The van der Waals surface area contributed by atoms with Gasteiger partial charge in [0.15, 0.2) is 6.10 Å². The van der Waals surface area contributed by atoms with Gasteiger partial charge in [-0.25, -0.2) is 4.57 Å². The fraction of sp³-hybridized carbons (Fsp3) is 0.806. The quantitative estimate of drug-likeness (QED) is 0.0211. The lowest BCUT2D eigenvalue weighted by Crippen LogP contribution is -2.37. The number of rotatable bonds is 83. The first-order valence-electron chi connectivity index (χ1n) is 44.5. The van der Waals surface area contributed by atoms with E-state index in [1.807, 2.05) is 21.1 Å². The first-order chi connectivity index (χ1) is 50.5. The Kier molecular flexibility index (Phi) is 80.5. The van der Waals surface area contributed by atoms with Crippen molar-refractivity contribution in [1.29, 1.82) is 0 Å².